The Morgan fingerprint density at radius 2 is 2.03 bits per heavy atom. The van der Waals surface area contributed by atoms with Gasteiger partial charge in [-0.1, -0.05) is 18.9 Å². The molecule has 1 aromatic carbocycles. The zero-order valence-corrected chi connectivity index (χ0v) is 17.6. The molecule has 1 fully saturated rings. The Balaban J connectivity index is 1.92. The Morgan fingerprint density at radius 3 is 2.70 bits per heavy atom. The lowest BCUT2D eigenvalue weighted by molar-refractivity contribution is -0.126. The smallest absolute Gasteiger partial charge is 0.241 e. The number of pyridine rings is 1. The number of nitrogens with two attached hydrogens (primary N) is 1. The summed E-state index contributed by atoms with van der Waals surface area (Å²) < 4.78 is 32.1. The number of hydrogen-bond acceptors (Lipinski definition) is 6. The van der Waals surface area contributed by atoms with Crippen LogP contribution in [-0.2, 0) is 14.8 Å². The number of amides is 1. The highest BCUT2D eigenvalue weighted by Gasteiger charge is 2.44. The van der Waals surface area contributed by atoms with Crippen molar-refractivity contribution in [3.05, 3.63) is 30.6 Å². The number of anilines is 1. The SMILES string of the molecule is NC(=NCl)Nc1cncc2cc(S(=O)(=O)NC3(C(=O)NCCO)CCCC3)ccc12. The minimum absolute atomic E-state index is 0.00849. The lowest BCUT2D eigenvalue weighted by Gasteiger charge is -2.28. The van der Waals surface area contributed by atoms with E-state index in [-0.39, 0.29) is 24.0 Å². The number of aliphatic hydroxyl groups is 1. The summed E-state index contributed by atoms with van der Waals surface area (Å²) in [6.07, 6.45) is 5.29. The Hall–Kier alpha value is -2.47. The third-order valence-electron chi connectivity index (χ3n) is 5.01. The fourth-order valence-electron chi connectivity index (χ4n) is 3.59. The van der Waals surface area contributed by atoms with Gasteiger partial charge in [-0.2, -0.15) is 4.72 Å². The summed E-state index contributed by atoms with van der Waals surface area (Å²) >= 11 is 5.34. The lowest BCUT2D eigenvalue weighted by atomic mass is 9.98. The van der Waals surface area contributed by atoms with Crippen LogP contribution in [0.1, 0.15) is 25.7 Å². The van der Waals surface area contributed by atoms with E-state index in [1.165, 1.54) is 24.5 Å². The molecular formula is C18H23ClN6O4S. The van der Waals surface area contributed by atoms with Crippen LogP contribution < -0.4 is 21.1 Å². The van der Waals surface area contributed by atoms with Crippen LogP contribution in [-0.4, -0.2) is 49.1 Å². The van der Waals surface area contributed by atoms with Gasteiger partial charge in [-0.3, -0.25) is 9.78 Å². The van der Waals surface area contributed by atoms with Crippen molar-refractivity contribution in [1.82, 2.24) is 15.0 Å². The van der Waals surface area contributed by atoms with E-state index in [9.17, 15) is 13.2 Å². The van der Waals surface area contributed by atoms with Gasteiger partial charge in [0.25, 0.3) is 0 Å². The fraction of sp³-hybridized carbons (Fsp3) is 0.389. The second-order valence-corrected chi connectivity index (χ2v) is 8.89. The van der Waals surface area contributed by atoms with Crippen LogP contribution >= 0.6 is 11.8 Å². The molecule has 30 heavy (non-hydrogen) atoms. The lowest BCUT2D eigenvalue weighted by Crippen LogP contribution is -2.57. The fourth-order valence-corrected chi connectivity index (χ4v) is 5.09. The van der Waals surface area contributed by atoms with Crippen molar-refractivity contribution in [2.75, 3.05) is 18.5 Å². The number of benzene rings is 1. The predicted octanol–water partition coefficient (Wildman–Crippen LogP) is 0.815. The summed E-state index contributed by atoms with van der Waals surface area (Å²) in [5.41, 5.74) is 4.87. The third-order valence-corrected chi connectivity index (χ3v) is 6.73. The second kappa shape index (κ2) is 9.13. The first-order chi connectivity index (χ1) is 14.3. The largest absolute Gasteiger partial charge is 0.395 e. The van der Waals surface area contributed by atoms with Crippen LogP contribution in [0.4, 0.5) is 5.69 Å². The van der Waals surface area contributed by atoms with Gasteiger partial charge in [0.2, 0.25) is 21.9 Å². The summed E-state index contributed by atoms with van der Waals surface area (Å²) in [4.78, 5) is 16.7. The van der Waals surface area contributed by atoms with Gasteiger partial charge in [-0.05, 0) is 25.0 Å². The van der Waals surface area contributed by atoms with Gasteiger partial charge in [0.1, 0.15) is 5.54 Å². The normalized spacial score (nSPS) is 16.5. The number of guanidine groups is 1. The van der Waals surface area contributed by atoms with Crippen LogP contribution in [0, 0.1) is 0 Å². The number of aromatic nitrogens is 1. The van der Waals surface area contributed by atoms with E-state index < -0.39 is 21.5 Å². The van der Waals surface area contributed by atoms with E-state index in [1.54, 1.807) is 6.07 Å². The Labute approximate surface area is 179 Å². The van der Waals surface area contributed by atoms with E-state index in [4.69, 9.17) is 22.6 Å². The second-order valence-electron chi connectivity index (χ2n) is 7.04. The van der Waals surface area contributed by atoms with Crippen LogP contribution in [0.3, 0.4) is 0 Å². The van der Waals surface area contributed by atoms with Gasteiger partial charge in [0.05, 0.1) is 23.4 Å². The van der Waals surface area contributed by atoms with Crippen molar-refractivity contribution in [2.45, 2.75) is 36.1 Å². The summed E-state index contributed by atoms with van der Waals surface area (Å²) in [5.74, 6) is -0.455. The summed E-state index contributed by atoms with van der Waals surface area (Å²) in [5, 5.41) is 15.5. The summed E-state index contributed by atoms with van der Waals surface area (Å²) in [6, 6.07) is 4.53. The molecule has 10 nitrogen and oxygen atoms in total. The molecular weight excluding hydrogens is 432 g/mol. The average molecular weight is 455 g/mol. The molecule has 1 aliphatic rings. The molecule has 1 heterocycles. The first-order valence-electron chi connectivity index (χ1n) is 9.34. The monoisotopic (exact) mass is 454 g/mol. The first kappa shape index (κ1) is 22.2. The van der Waals surface area contributed by atoms with Crippen molar-refractivity contribution in [3.8, 4) is 0 Å². The van der Waals surface area contributed by atoms with Gasteiger partial charge in [-0.15, -0.1) is 4.51 Å². The zero-order valence-electron chi connectivity index (χ0n) is 16.1. The number of halogens is 1. The number of rotatable bonds is 7. The Morgan fingerprint density at radius 1 is 1.30 bits per heavy atom. The molecule has 0 bridgehead atoms. The molecule has 162 valence electrons. The van der Waals surface area contributed by atoms with Crippen LogP contribution in [0.5, 0.6) is 0 Å². The van der Waals surface area contributed by atoms with E-state index in [2.05, 4.69) is 24.9 Å². The predicted molar refractivity (Wildman–Crippen MR) is 114 cm³/mol. The molecule has 1 saturated carbocycles. The van der Waals surface area contributed by atoms with E-state index in [1.807, 2.05) is 0 Å². The molecule has 0 unspecified atom stereocenters. The minimum atomic E-state index is -4.00. The van der Waals surface area contributed by atoms with Crippen molar-refractivity contribution >= 4 is 50.1 Å². The van der Waals surface area contributed by atoms with E-state index in [0.717, 1.165) is 12.8 Å². The maximum atomic E-state index is 13.1. The Bertz CT molecular complexity index is 1070. The van der Waals surface area contributed by atoms with Crippen LogP contribution in [0.2, 0.25) is 0 Å². The van der Waals surface area contributed by atoms with Crippen molar-refractivity contribution in [1.29, 1.82) is 0 Å². The molecule has 0 saturated heterocycles. The number of nitrogens with one attached hydrogen (secondary N) is 3. The molecule has 1 amide bonds. The Kier molecular flexibility index (Phi) is 6.76. The first-order valence-corrected chi connectivity index (χ1v) is 11.2. The highest BCUT2D eigenvalue weighted by molar-refractivity contribution is 7.89. The quantitative estimate of drug-likeness (QED) is 0.306. The number of nitrogens with zero attached hydrogens (tertiary/aromatic N) is 2. The number of hydrogen-bond donors (Lipinski definition) is 5. The molecule has 12 heteroatoms. The molecule has 0 spiro atoms. The van der Waals surface area contributed by atoms with Crippen LogP contribution in [0.25, 0.3) is 10.8 Å². The van der Waals surface area contributed by atoms with E-state index >= 15 is 0 Å². The zero-order chi connectivity index (χ0) is 21.8. The van der Waals surface area contributed by atoms with Crippen molar-refractivity contribution < 1.29 is 18.3 Å². The maximum absolute atomic E-state index is 13.1. The maximum Gasteiger partial charge on any atom is 0.241 e. The number of carbonyl (C=O) groups excluding carboxylic acids is 1. The number of carbonyl (C=O) groups is 1. The van der Waals surface area contributed by atoms with Gasteiger partial charge >= 0.3 is 0 Å². The molecule has 0 radical (unpaired) electrons. The molecule has 1 aliphatic carbocycles. The number of fused-ring (bicyclic) bond motifs is 1. The highest BCUT2D eigenvalue weighted by Crippen LogP contribution is 2.32. The molecule has 1 aromatic heterocycles. The summed E-state index contributed by atoms with van der Waals surface area (Å²) in [7, 11) is -4.00. The van der Waals surface area contributed by atoms with Gasteiger partial charge in [-0.25, -0.2) is 8.42 Å². The molecule has 6 N–H and O–H groups in total. The highest BCUT2D eigenvalue weighted by atomic mass is 35.5. The number of sulfonamides is 1. The number of aliphatic hydroxyl groups excluding tert-OH is 1. The third kappa shape index (κ3) is 4.64. The van der Waals surface area contributed by atoms with Gasteiger partial charge in [0.15, 0.2) is 0 Å². The van der Waals surface area contributed by atoms with Crippen molar-refractivity contribution in [2.24, 2.45) is 10.2 Å². The molecule has 2 aromatic rings. The van der Waals surface area contributed by atoms with Gasteiger partial charge < -0.3 is 21.5 Å². The van der Waals surface area contributed by atoms with Crippen LogP contribution in [0.15, 0.2) is 40.0 Å². The minimum Gasteiger partial charge on any atom is -0.395 e. The summed E-state index contributed by atoms with van der Waals surface area (Å²) in [6.45, 7) is -0.157. The van der Waals surface area contributed by atoms with Crippen molar-refractivity contribution in [3.63, 3.8) is 0 Å². The molecule has 0 aliphatic heterocycles. The molecule has 0 atom stereocenters. The van der Waals surface area contributed by atoms with E-state index in [0.29, 0.717) is 29.3 Å². The van der Waals surface area contributed by atoms with Gasteiger partial charge in [0, 0.05) is 35.3 Å². The average Bonchev–Trinajstić information content (AvgIpc) is 3.20. The standard InChI is InChI=1S/C18H23ClN6O4S/c19-24-17(20)23-15-11-21-10-12-9-13(3-4-14(12)15)30(28,29)25-18(5-1-2-6-18)16(27)22-7-8-26/h3-4,9-11,25-26H,1-2,5-8H2,(H,22,27)(H3,20,23,24). The molecule has 3 rings (SSSR count). The topological polar surface area (TPSA) is 159 Å².